The van der Waals surface area contributed by atoms with E-state index >= 15 is 0 Å². The lowest BCUT2D eigenvalue weighted by Crippen LogP contribution is -2.38. The first-order valence-electron chi connectivity index (χ1n) is 6.35. The molecule has 1 saturated heterocycles. The molecule has 1 heterocycles. The second-order valence-corrected chi connectivity index (χ2v) is 6.52. The SMILES string of the molecule is FC1(F)CC12CCCN(Cc1cccc(Br)c1)C2. The number of piperidine rings is 1. The molecule has 1 aromatic carbocycles. The lowest BCUT2D eigenvalue weighted by molar-refractivity contribution is 0.0228. The summed E-state index contributed by atoms with van der Waals surface area (Å²) in [5.74, 6) is -2.41. The fourth-order valence-electron chi connectivity index (χ4n) is 3.08. The van der Waals surface area contributed by atoms with Gasteiger partial charge in [-0.3, -0.25) is 4.90 Å². The van der Waals surface area contributed by atoms with Crippen LogP contribution < -0.4 is 0 Å². The first-order valence-corrected chi connectivity index (χ1v) is 7.15. The highest BCUT2D eigenvalue weighted by atomic mass is 79.9. The second kappa shape index (κ2) is 4.27. The van der Waals surface area contributed by atoms with Gasteiger partial charge in [-0.15, -0.1) is 0 Å². The van der Waals surface area contributed by atoms with Crippen LogP contribution in [0.2, 0.25) is 0 Å². The van der Waals surface area contributed by atoms with Crippen molar-refractivity contribution in [2.75, 3.05) is 13.1 Å². The minimum atomic E-state index is -2.41. The summed E-state index contributed by atoms with van der Waals surface area (Å²) in [7, 11) is 0. The van der Waals surface area contributed by atoms with Crippen LogP contribution in [0.15, 0.2) is 28.7 Å². The van der Waals surface area contributed by atoms with Gasteiger partial charge in [0, 0.05) is 24.0 Å². The molecule has 0 amide bonds. The topological polar surface area (TPSA) is 3.24 Å². The van der Waals surface area contributed by atoms with Gasteiger partial charge in [-0.1, -0.05) is 28.1 Å². The zero-order chi connectivity index (χ0) is 12.8. The van der Waals surface area contributed by atoms with E-state index in [1.807, 2.05) is 12.1 Å². The second-order valence-electron chi connectivity index (χ2n) is 5.61. The molecule has 3 rings (SSSR count). The minimum Gasteiger partial charge on any atom is -0.298 e. The number of hydrogen-bond donors (Lipinski definition) is 0. The Labute approximate surface area is 114 Å². The Bertz CT molecular complexity index is 463. The van der Waals surface area contributed by atoms with Gasteiger partial charge in [-0.25, -0.2) is 8.78 Å². The van der Waals surface area contributed by atoms with Crippen molar-refractivity contribution >= 4 is 15.9 Å². The average Bonchev–Trinajstić information content (AvgIpc) is 2.78. The predicted molar refractivity (Wildman–Crippen MR) is 70.7 cm³/mol. The third-order valence-electron chi connectivity index (χ3n) is 4.16. The molecule has 1 unspecified atom stereocenters. The highest BCUT2D eigenvalue weighted by molar-refractivity contribution is 9.10. The van der Waals surface area contributed by atoms with E-state index in [4.69, 9.17) is 0 Å². The van der Waals surface area contributed by atoms with Crippen molar-refractivity contribution in [2.24, 2.45) is 5.41 Å². The van der Waals surface area contributed by atoms with Gasteiger partial charge in [-0.05, 0) is 37.1 Å². The quantitative estimate of drug-likeness (QED) is 0.795. The van der Waals surface area contributed by atoms with Crippen LogP contribution in [-0.2, 0) is 6.54 Å². The molecule has 0 N–H and O–H groups in total. The van der Waals surface area contributed by atoms with Gasteiger partial charge in [0.25, 0.3) is 5.92 Å². The monoisotopic (exact) mass is 315 g/mol. The first-order chi connectivity index (χ1) is 8.51. The summed E-state index contributed by atoms with van der Waals surface area (Å²) >= 11 is 3.44. The smallest absolute Gasteiger partial charge is 0.255 e. The molecule has 1 atom stereocenters. The molecule has 4 heteroatoms. The Balaban J connectivity index is 1.67. The van der Waals surface area contributed by atoms with Crippen LogP contribution in [-0.4, -0.2) is 23.9 Å². The highest BCUT2D eigenvalue weighted by Gasteiger charge is 2.71. The normalized spacial score (nSPS) is 30.6. The molecule has 0 bridgehead atoms. The molecule has 2 aliphatic rings. The van der Waals surface area contributed by atoms with E-state index in [1.54, 1.807) is 0 Å². The molecule has 1 aliphatic heterocycles. The van der Waals surface area contributed by atoms with Crippen LogP contribution in [0.3, 0.4) is 0 Å². The number of hydrogen-bond acceptors (Lipinski definition) is 1. The summed E-state index contributed by atoms with van der Waals surface area (Å²) in [5.41, 5.74) is 0.488. The van der Waals surface area contributed by atoms with Gasteiger partial charge in [0.05, 0.1) is 5.41 Å². The first kappa shape index (κ1) is 12.5. The summed E-state index contributed by atoms with van der Waals surface area (Å²) in [6, 6.07) is 8.09. The maximum absolute atomic E-state index is 13.4. The Morgan fingerprint density at radius 3 is 2.78 bits per heavy atom. The zero-order valence-corrected chi connectivity index (χ0v) is 11.7. The lowest BCUT2D eigenvalue weighted by Gasteiger charge is -2.33. The summed E-state index contributed by atoms with van der Waals surface area (Å²) in [6.45, 7) is 2.26. The third kappa shape index (κ3) is 2.21. The third-order valence-corrected chi connectivity index (χ3v) is 4.66. The maximum Gasteiger partial charge on any atom is 0.255 e. The van der Waals surface area contributed by atoms with E-state index in [0.29, 0.717) is 13.0 Å². The van der Waals surface area contributed by atoms with Crippen molar-refractivity contribution < 1.29 is 8.78 Å². The van der Waals surface area contributed by atoms with Gasteiger partial charge in [-0.2, -0.15) is 0 Å². The molecular weight excluding hydrogens is 300 g/mol. The van der Waals surface area contributed by atoms with Crippen molar-refractivity contribution in [3.63, 3.8) is 0 Å². The summed E-state index contributed by atoms with van der Waals surface area (Å²) in [6.07, 6.45) is 1.67. The van der Waals surface area contributed by atoms with Crippen molar-refractivity contribution in [3.05, 3.63) is 34.3 Å². The maximum atomic E-state index is 13.4. The molecule has 0 radical (unpaired) electrons. The molecule has 98 valence electrons. The van der Waals surface area contributed by atoms with Crippen LogP contribution in [0.25, 0.3) is 0 Å². The molecule has 1 saturated carbocycles. The highest BCUT2D eigenvalue weighted by Crippen LogP contribution is 2.64. The molecule has 2 fully saturated rings. The molecule has 1 spiro atoms. The number of alkyl halides is 2. The van der Waals surface area contributed by atoms with Crippen LogP contribution in [0, 0.1) is 5.41 Å². The lowest BCUT2D eigenvalue weighted by atomic mass is 9.94. The Morgan fingerprint density at radius 2 is 2.11 bits per heavy atom. The Kier molecular flexibility index (Phi) is 2.98. The fraction of sp³-hybridized carbons (Fsp3) is 0.571. The fourth-order valence-corrected chi connectivity index (χ4v) is 3.53. The summed E-state index contributed by atoms with van der Waals surface area (Å²) in [4.78, 5) is 2.17. The van der Waals surface area contributed by atoms with E-state index in [-0.39, 0.29) is 6.42 Å². The summed E-state index contributed by atoms with van der Waals surface area (Å²) in [5, 5.41) is 0. The molecular formula is C14H16BrF2N. The number of rotatable bonds is 2. The van der Waals surface area contributed by atoms with Gasteiger partial charge in [0.2, 0.25) is 0 Å². The molecule has 1 aromatic rings. The number of nitrogens with zero attached hydrogens (tertiary/aromatic N) is 1. The van der Waals surface area contributed by atoms with E-state index in [0.717, 1.165) is 24.0 Å². The van der Waals surface area contributed by atoms with Gasteiger partial charge >= 0.3 is 0 Å². The molecule has 1 nitrogen and oxygen atoms in total. The van der Waals surface area contributed by atoms with Crippen molar-refractivity contribution in [1.82, 2.24) is 4.90 Å². The van der Waals surface area contributed by atoms with E-state index in [9.17, 15) is 8.78 Å². The van der Waals surface area contributed by atoms with E-state index in [2.05, 4.69) is 33.0 Å². The number of benzene rings is 1. The summed E-state index contributed by atoms with van der Waals surface area (Å²) < 4.78 is 27.9. The Hall–Kier alpha value is -0.480. The molecule has 18 heavy (non-hydrogen) atoms. The molecule has 1 aliphatic carbocycles. The Morgan fingerprint density at radius 1 is 1.33 bits per heavy atom. The average molecular weight is 316 g/mol. The van der Waals surface area contributed by atoms with Crippen molar-refractivity contribution in [2.45, 2.75) is 31.7 Å². The van der Waals surface area contributed by atoms with Gasteiger partial charge in [0.15, 0.2) is 0 Å². The van der Waals surface area contributed by atoms with Crippen LogP contribution in [0.1, 0.15) is 24.8 Å². The van der Waals surface area contributed by atoms with E-state index in [1.165, 1.54) is 5.56 Å². The zero-order valence-electron chi connectivity index (χ0n) is 10.1. The van der Waals surface area contributed by atoms with Crippen molar-refractivity contribution in [1.29, 1.82) is 0 Å². The molecule has 0 aromatic heterocycles. The van der Waals surface area contributed by atoms with Crippen LogP contribution in [0.5, 0.6) is 0 Å². The van der Waals surface area contributed by atoms with E-state index < -0.39 is 11.3 Å². The van der Waals surface area contributed by atoms with Gasteiger partial charge in [0.1, 0.15) is 0 Å². The number of likely N-dealkylation sites (tertiary alicyclic amines) is 1. The number of halogens is 3. The van der Waals surface area contributed by atoms with Crippen LogP contribution >= 0.6 is 15.9 Å². The van der Waals surface area contributed by atoms with Crippen molar-refractivity contribution in [3.8, 4) is 0 Å². The largest absolute Gasteiger partial charge is 0.298 e. The predicted octanol–water partition coefficient (Wildman–Crippen LogP) is 4.07. The van der Waals surface area contributed by atoms with Gasteiger partial charge < -0.3 is 0 Å². The minimum absolute atomic E-state index is 0.0922. The standard InChI is InChI=1S/C14H16BrF2N/c15-12-4-1-3-11(7-12)8-18-6-2-5-13(10-18)9-14(13,16)17/h1,3-4,7H,2,5-6,8-10H2. The van der Waals surface area contributed by atoms with Crippen LogP contribution in [0.4, 0.5) is 8.78 Å².